The van der Waals surface area contributed by atoms with Gasteiger partial charge in [-0.15, -0.1) is 0 Å². The van der Waals surface area contributed by atoms with Gasteiger partial charge in [0.1, 0.15) is 11.5 Å². The van der Waals surface area contributed by atoms with E-state index in [2.05, 4.69) is 15.1 Å². The van der Waals surface area contributed by atoms with Crippen LogP contribution >= 0.6 is 0 Å². The van der Waals surface area contributed by atoms with Crippen molar-refractivity contribution in [1.82, 2.24) is 15.1 Å². The van der Waals surface area contributed by atoms with E-state index in [0.29, 0.717) is 42.0 Å². The van der Waals surface area contributed by atoms with Gasteiger partial charge in [-0.05, 0) is 26.8 Å². The number of halogens is 1. The maximum atomic E-state index is 15.3. The molecule has 2 unspecified atom stereocenters. The van der Waals surface area contributed by atoms with Crippen LogP contribution in [0.1, 0.15) is 30.0 Å². The predicted molar refractivity (Wildman–Crippen MR) is 93.9 cm³/mol. The number of aromatic amines is 1. The summed E-state index contributed by atoms with van der Waals surface area (Å²) in [5.41, 5.74) is 1.56. The molecule has 1 aromatic carbocycles. The van der Waals surface area contributed by atoms with E-state index in [-0.39, 0.29) is 29.0 Å². The quantitative estimate of drug-likeness (QED) is 0.724. The molecule has 2 atom stereocenters. The Labute approximate surface area is 149 Å². The van der Waals surface area contributed by atoms with Gasteiger partial charge in [-0.25, -0.2) is 9.37 Å². The molecule has 3 heterocycles. The van der Waals surface area contributed by atoms with E-state index in [0.717, 1.165) is 0 Å². The van der Waals surface area contributed by atoms with E-state index in [9.17, 15) is 4.79 Å². The van der Waals surface area contributed by atoms with Gasteiger partial charge in [-0.2, -0.15) is 0 Å². The van der Waals surface area contributed by atoms with Crippen molar-refractivity contribution < 1.29 is 18.4 Å². The average Bonchev–Trinajstić information content (AvgIpc) is 3.19. The number of aromatic nitrogens is 3. The van der Waals surface area contributed by atoms with Crippen molar-refractivity contribution in [3.05, 3.63) is 29.5 Å². The molecule has 0 spiro atoms. The van der Waals surface area contributed by atoms with Gasteiger partial charge in [-0.1, -0.05) is 5.16 Å². The average molecular weight is 358 g/mol. The first-order valence-electron chi connectivity index (χ1n) is 8.47. The van der Waals surface area contributed by atoms with Gasteiger partial charge >= 0.3 is 0 Å². The Hall–Kier alpha value is -2.74. The van der Waals surface area contributed by atoms with Crippen LogP contribution in [0.15, 0.2) is 16.8 Å². The smallest absolute Gasteiger partial charge is 0.205 e. The fourth-order valence-electron chi connectivity index (χ4n) is 3.55. The summed E-state index contributed by atoms with van der Waals surface area (Å²) >= 11 is 0. The van der Waals surface area contributed by atoms with Crippen molar-refractivity contribution >= 4 is 22.9 Å². The number of carbonyl (C=O) groups excluding carboxylic acids is 1. The molecule has 2 aromatic heterocycles. The summed E-state index contributed by atoms with van der Waals surface area (Å²) in [6.07, 6.45) is 2.14. The van der Waals surface area contributed by atoms with E-state index >= 15 is 4.39 Å². The van der Waals surface area contributed by atoms with Crippen LogP contribution < -0.4 is 4.90 Å². The molecule has 3 aromatic rings. The Morgan fingerprint density at radius 3 is 2.69 bits per heavy atom. The predicted octanol–water partition coefficient (Wildman–Crippen LogP) is 3.09. The Kier molecular flexibility index (Phi) is 3.99. The van der Waals surface area contributed by atoms with Gasteiger partial charge < -0.3 is 19.1 Å². The van der Waals surface area contributed by atoms with Crippen LogP contribution in [0.2, 0.25) is 0 Å². The van der Waals surface area contributed by atoms with Crippen molar-refractivity contribution in [2.45, 2.75) is 33.0 Å². The van der Waals surface area contributed by atoms with Crippen LogP contribution in [0.4, 0.5) is 10.1 Å². The van der Waals surface area contributed by atoms with Crippen LogP contribution in [-0.4, -0.2) is 46.7 Å². The zero-order valence-corrected chi connectivity index (χ0v) is 14.7. The Morgan fingerprint density at radius 2 is 2.08 bits per heavy atom. The van der Waals surface area contributed by atoms with Crippen LogP contribution in [-0.2, 0) is 4.74 Å². The lowest BCUT2D eigenvalue weighted by atomic mass is 10.0. The minimum Gasteiger partial charge on any atom is -0.372 e. The standard InChI is InChI=1S/C18H19FN4O3/c1-9-6-23(7-10(2)25-9)17-12(8-24)4-13-16(14-5-20-11(3)21-14)22-26-18(13)15(17)19/h4-5,8-10H,6-7H2,1-3H3,(H,20,21). The summed E-state index contributed by atoms with van der Waals surface area (Å²) in [6, 6.07) is 1.62. The molecule has 1 aliphatic heterocycles. The summed E-state index contributed by atoms with van der Waals surface area (Å²) in [5, 5.41) is 4.42. The van der Waals surface area contributed by atoms with Crippen LogP contribution in [0, 0.1) is 12.7 Å². The first-order chi connectivity index (χ1) is 12.5. The SMILES string of the molecule is Cc1ncc(-c2noc3c(F)c(N4CC(C)OC(C)C4)c(C=O)cc23)[nH]1. The number of imidazole rings is 1. The molecule has 8 heteroatoms. The molecule has 1 fully saturated rings. The maximum absolute atomic E-state index is 15.3. The minimum atomic E-state index is -0.583. The Morgan fingerprint density at radius 1 is 1.35 bits per heavy atom. The highest BCUT2D eigenvalue weighted by Gasteiger charge is 2.29. The molecule has 0 amide bonds. The van der Waals surface area contributed by atoms with E-state index < -0.39 is 5.82 Å². The van der Waals surface area contributed by atoms with Crippen LogP contribution in [0.5, 0.6) is 0 Å². The highest BCUT2D eigenvalue weighted by molar-refractivity contribution is 5.99. The van der Waals surface area contributed by atoms with E-state index in [1.54, 1.807) is 12.3 Å². The number of nitrogens with one attached hydrogen (secondary N) is 1. The number of benzene rings is 1. The second kappa shape index (κ2) is 6.21. The molecule has 0 saturated carbocycles. The normalized spacial score (nSPS) is 20.7. The third-order valence-electron chi connectivity index (χ3n) is 4.53. The molecule has 4 rings (SSSR count). The largest absolute Gasteiger partial charge is 0.372 e. The summed E-state index contributed by atoms with van der Waals surface area (Å²) in [6.45, 7) is 6.64. The molecule has 1 aliphatic rings. The second-order valence-electron chi connectivity index (χ2n) is 6.70. The summed E-state index contributed by atoms with van der Waals surface area (Å²) in [7, 11) is 0. The number of anilines is 1. The van der Waals surface area contributed by atoms with Crippen molar-refractivity contribution in [2.24, 2.45) is 0 Å². The van der Waals surface area contributed by atoms with Gasteiger partial charge in [0.05, 0.1) is 35.2 Å². The molecule has 1 N–H and O–H groups in total. The van der Waals surface area contributed by atoms with E-state index in [4.69, 9.17) is 9.26 Å². The molecule has 7 nitrogen and oxygen atoms in total. The number of morpholine rings is 1. The summed E-state index contributed by atoms with van der Waals surface area (Å²) in [4.78, 5) is 20.7. The summed E-state index contributed by atoms with van der Waals surface area (Å²) in [5.74, 6) is 0.126. The zero-order valence-electron chi connectivity index (χ0n) is 14.7. The molecule has 136 valence electrons. The van der Waals surface area contributed by atoms with Gasteiger partial charge in [0.2, 0.25) is 5.58 Å². The molecular weight excluding hydrogens is 339 g/mol. The number of nitrogens with zero attached hydrogens (tertiary/aromatic N) is 3. The number of ether oxygens (including phenoxy) is 1. The zero-order chi connectivity index (χ0) is 18.4. The number of aryl methyl sites for hydroxylation is 1. The van der Waals surface area contributed by atoms with Crippen molar-refractivity contribution in [3.8, 4) is 11.4 Å². The molecule has 0 radical (unpaired) electrons. The lowest BCUT2D eigenvalue weighted by molar-refractivity contribution is -0.00543. The molecule has 0 bridgehead atoms. The maximum Gasteiger partial charge on any atom is 0.205 e. The lowest BCUT2D eigenvalue weighted by Gasteiger charge is -2.37. The van der Waals surface area contributed by atoms with Crippen molar-refractivity contribution in [3.63, 3.8) is 0 Å². The van der Waals surface area contributed by atoms with E-state index in [1.165, 1.54) is 0 Å². The number of fused-ring (bicyclic) bond motifs is 1. The first kappa shape index (κ1) is 16.7. The molecule has 0 aliphatic carbocycles. The number of hydrogen-bond donors (Lipinski definition) is 1. The lowest BCUT2D eigenvalue weighted by Crippen LogP contribution is -2.46. The van der Waals surface area contributed by atoms with E-state index in [1.807, 2.05) is 25.7 Å². The Balaban J connectivity index is 1.87. The topological polar surface area (TPSA) is 84.2 Å². The van der Waals surface area contributed by atoms with Gasteiger partial charge in [0.25, 0.3) is 0 Å². The van der Waals surface area contributed by atoms with Gasteiger partial charge in [-0.3, -0.25) is 4.79 Å². The van der Waals surface area contributed by atoms with Gasteiger partial charge in [0, 0.05) is 18.7 Å². The second-order valence-corrected chi connectivity index (χ2v) is 6.70. The fourth-order valence-corrected chi connectivity index (χ4v) is 3.55. The number of rotatable bonds is 3. The number of hydrogen-bond acceptors (Lipinski definition) is 6. The molecule has 1 saturated heterocycles. The van der Waals surface area contributed by atoms with Crippen molar-refractivity contribution in [1.29, 1.82) is 0 Å². The highest BCUT2D eigenvalue weighted by atomic mass is 19.1. The number of H-pyrrole nitrogens is 1. The third kappa shape index (κ3) is 2.66. The number of aldehydes is 1. The summed E-state index contributed by atoms with van der Waals surface area (Å²) < 4.78 is 26.3. The minimum absolute atomic E-state index is 0.0275. The fraction of sp³-hybridized carbons (Fsp3) is 0.389. The number of carbonyl (C=O) groups is 1. The molecular formula is C18H19FN4O3. The Bertz CT molecular complexity index is 970. The monoisotopic (exact) mass is 358 g/mol. The van der Waals surface area contributed by atoms with Crippen LogP contribution in [0.25, 0.3) is 22.4 Å². The molecule has 26 heavy (non-hydrogen) atoms. The van der Waals surface area contributed by atoms with Crippen molar-refractivity contribution in [2.75, 3.05) is 18.0 Å². The van der Waals surface area contributed by atoms with Gasteiger partial charge in [0.15, 0.2) is 12.1 Å². The first-order valence-corrected chi connectivity index (χ1v) is 8.47. The highest BCUT2D eigenvalue weighted by Crippen LogP contribution is 2.36. The van der Waals surface area contributed by atoms with Crippen LogP contribution in [0.3, 0.4) is 0 Å². The third-order valence-corrected chi connectivity index (χ3v) is 4.53.